The van der Waals surface area contributed by atoms with Crippen molar-refractivity contribution in [3.05, 3.63) is 66.0 Å². The zero-order valence-electron chi connectivity index (χ0n) is 14.8. The fourth-order valence-electron chi connectivity index (χ4n) is 2.55. The first-order valence-corrected chi connectivity index (χ1v) is 8.62. The van der Waals surface area contributed by atoms with Crippen LogP contribution < -0.4 is 5.32 Å². The van der Waals surface area contributed by atoms with Gasteiger partial charge in [-0.15, -0.1) is 0 Å². The van der Waals surface area contributed by atoms with Crippen LogP contribution in [0.1, 0.15) is 37.9 Å². The van der Waals surface area contributed by atoms with Crippen molar-refractivity contribution in [1.82, 2.24) is 15.2 Å². The second-order valence-electron chi connectivity index (χ2n) is 5.97. The summed E-state index contributed by atoms with van der Waals surface area (Å²) in [4.78, 5) is 30.9. The van der Waals surface area contributed by atoms with Gasteiger partial charge < -0.3 is 10.2 Å². The predicted molar refractivity (Wildman–Crippen MR) is 97.4 cm³/mol. The molecule has 0 fully saturated rings. The van der Waals surface area contributed by atoms with Crippen LogP contribution in [0.4, 0.5) is 0 Å². The molecule has 1 aromatic carbocycles. The van der Waals surface area contributed by atoms with Crippen molar-refractivity contribution in [3.8, 4) is 0 Å². The maximum atomic E-state index is 12.5. The molecule has 2 aromatic rings. The third-order valence-corrected chi connectivity index (χ3v) is 4.00. The first-order chi connectivity index (χ1) is 12.1. The third kappa shape index (κ3) is 5.71. The minimum absolute atomic E-state index is 0.00756. The van der Waals surface area contributed by atoms with Gasteiger partial charge in [-0.05, 0) is 31.0 Å². The fourth-order valence-corrected chi connectivity index (χ4v) is 2.55. The highest BCUT2D eigenvalue weighted by Crippen LogP contribution is 2.11. The van der Waals surface area contributed by atoms with Crippen LogP contribution in [0.2, 0.25) is 0 Å². The van der Waals surface area contributed by atoms with E-state index in [0.717, 1.165) is 17.7 Å². The molecule has 0 saturated heterocycles. The maximum absolute atomic E-state index is 12.5. The van der Waals surface area contributed by atoms with E-state index in [0.29, 0.717) is 19.5 Å². The Balaban J connectivity index is 2.04. The summed E-state index contributed by atoms with van der Waals surface area (Å²) >= 11 is 0. The molecule has 2 rings (SSSR count). The van der Waals surface area contributed by atoms with Gasteiger partial charge in [-0.1, -0.05) is 43.3 Å². The van der Waals surface area contributed by atoms with Crippen molar-refractivity contribution in [3.63, 3.8) is 0 Å². The van der Waals surface area contributed by atoms with Crippen LogP contribution in [0.5, 0.6) is 0 Å². The van der Waals surface area contributed by atoms with E-state index in [2.05, 4.69) is 10.3 Å². The summed E-state index contributed by atoms with van der Waals surface area (Å²) in [6.07, 6.45) is 2.88. The number of hydrogen-bond acceptors (Lipinski definition) is 3. The molecule has 0 aliphatic heterocycles. The van der Waals surface area contributed by atoms with Gasteiger partial charge in [0.15, 0.2) is 0 Å². The van der Waals surface area contributed by atoms with Crippen LogP contribution >= 0.6 is 0 Å². The van der Waals surface area contributed by atoms with Gasteiger partial charge in [0.25, 0.3) is 0 Å². The summed E-state index contributed by atoms with van der Waals surface area (Å²) in [5.41, 5.74) is 1.80. The summed E-state index contributed by atoms with van der Waals surface area (Å²) in [6, 6.07) is 14.8. The van der Waals surface area contributed by atoms with E-state index in [1.807, 2.05) is 55.5 Å². The molecule has 0 aliphatic rings. The molecule has 0 saturated carbocycles. The molecule has 2 amide bonds. The number of pyridine rings is 1. The predicted octanol–water partition coefficient (Wildman–Crippen LogP) is 2.92. The van der Waals surface area contributed by atoms with Crippen LogP contribution in [-0.2, 0) is 22.7 Å². The van der Waals surface area contributed by atoms with Crippen molar-refractivity contribution in [2.75, 3.05) is 0 Å². The number of rotatable bonds is 8. The van der Waals surface area contributed by atoms with Crippen LogP contribution in [0.3, 0.4) is 0 Å². The van der Waals surface area contributed by atoms with Crippen LogP contribution in [0, 0.1) is 0 Å². The molecule has 1 heterocycles. The second-order valence-corrected chi connectivity index (χ2v) is 5.97. The molecule has 25 heavy (non-hydrogen) atoms. The average Bonchev–Trinajstić information content (AvgIpc) is 2.65. The van der Waals surface area contributed by atoms with Crippen molar-refractivity contribution in [1.29, 1.82) is 0 Å². The Morgan fingerprint density at radius 3 is 2.48 bits per heavy atom. The topological polar surface area (TPSA) is 62.3 Å². The SMILES string of the molecule is CCCC(=O)N(Cc1ccccc1)[C@H](C)C(=O)NCc1ccccn1. The summed E-state index contributed by atoms with van der Waals surface area (Å²) in [7, 11) is 0. The fraction of sp³-hybridized carbons (Fsp3) is 0.350. The lowest BCUT2D eigenvalue weighted by molar-refractivity contribution is -0.140. The van der Waals surface area contributed by atoms with Gasteiger partial charge in [0, 0.05) is 19.2 Å². The number of carbonyl (C=O) groups is 2. The molecular weight excluding hydrogens is 314 g/mol. The Labute approximate surface area is 149 Å². The Bertz CT molecular complexity index is 674. The normalized spacial score (nSPS) is 11.6. The number of amides is 2. The lowest BCUT2D eigenvalue weighted by atomic mass is 10.1. The van der Waals surface area contributed by atoms with Gasteiger partial charge in [0.1, 0.15) is 6.04 Å². The quantitative estimate of drug-likeness (QED) is 0.804. The van der Waals surface area contributed by atoms with E-state index in [9.17, 15) is 9.59 Å². The number of hydrogen-bond donors (Lipinski definition) is 1. The zero-order valence-corrected chi connectivity index (χ0v) is 14.8. The lowest BCUT2D eigenvalue weighted by Crippen LogP contribution is -2.47. The van der Waals surface area contributed by atoms with Crippen LogP contribution in [0.15, 0.2) is 54.7 Å². The summed E-state index contributed by atoms with van der Waals surface area (Å²) < 4.78 is 0. The monoisotopic (exact) mass is 339 g/mol. The van der Waals surface area contributed by atoms with E-state index in [1.165, 1.54) is 0 Å². The maximum Gasteiger partial charge on any atom is 0.242 e. The van der Waals surface area contributed by atoms with Gasteiger partial charge in [-0.2, -0.15) is 0 Å². The van der Waals surface area contributed by atoms with Gasteiger partial charge in [0.2, 0.25) is 11.8 Å². The zero-order chi connectivity index (χ0) is 18.1. The number of nitrogens with zero attached hydrogens (tertiary/aromatic N) is 2. The Morgan fingerprint density at radius 2 is 1.84 bits per heavy atom. The average molecular weight is 339 g/mol. The number of aromatic nitrogens is 1. The Hall–Kier alpha value is -2.69. The van der Waals surface area contributed by atoms with E-state index >= 15 is 0 Å². The number of benzene rings is 1. The summed E-state index contributed by atoms with van der Waals surface area (Å²) in [5.74, 6) is -0.183. The highest BCUT2D eigenvalue weighted by molar-refractivity contribution is 5.87. The van der Waals surface area contributed by atoms with Crippen LogP contribution in [0.25, 0.3) is 0 Å². The summed E-state index contributed by atoms with van der Waals surface area (Å²) in [5, 5.41) is 2.87. The number of nitrogens with one attached hydrogen (secondary N) is 1. The van der Waals surface area contributed by atoms with Crippen molar-refractivity contribution in [2.45, 2.75) is 45.8 Å². The Morgan fingerprint density at radius 1 is 1.12 bits per heavy atom. The second kappa shape index (κ2) is 9.57. The molecule has 1 N–H and O–H groups in total. The van der Waals surface area contributed by atoms with Gasteiger partial charge >= 0.3 is 0 Å². The molecule has 5 heteroatoms. The molecule has 0 spiro atoms. The minimum atomic E-state index is -0.539. The smallest absolute Gasteiger partial charge is 0.242 e. The third-order valence-electron chi connectivity index (χ3n) is 4.00. The molecule has 1 atom stereocenters. The highest BCUT2D eigenvalue weighted by atomic mass is 16.2. The minimum Gasteiger partial charge on any atom is -0.349 e. The van der Waals surface area contributed by atoms with Gasteiger partial charge in [-0.25, -0.2) is 0 Å². The summed E-state index contributed by atoms with van der Waals surface area (Å²) in [6.45, 7) is 4.51. The van der Waals surface area contributed by atoms with Crippen molar-refractivity contribution < 1.29 is 9.59 Å². The molecule has 132 valence electrons. The molecule has 0 aliphatic carbocycles. The van der Waals surface area contributed by atoms with E-state index < -0.39 is 6.04 Å². The van der Waals surface area contributed by atoms with Crippen LogP contribution in [-0.4, -0.2) is 27.7 Å². The Kier molecular flexibility index (Phi) is 7.14. The molecule has 0 radical (unpaired) electrons. The van der Waals surface area contributed by atoms with E-state index in [-0.39, 0.29) is 11.8 Å². The largest absolute Gasteiger partial charge is 0.349 e. The van der Waals surface area contributed by atoms with E-state index in [4.69, 9.17) is 0 Å². The van der Waals surface area contributed by atoms with Gasteiger partial charge in [-0.3, -0.25) is 14.6 Å². The first-order valence-electron chi connectivity index (χ1n) is 8.62. The number of carbonyl (C=O) groups excluding carboxylic acids is 2. The highest BCUT2D eigenvalue weighted by Gasteiger charge is 2.25. The molecule has 0 unspecified atom stereocenters. The standard InChI is InChI=1S/C20H25N3O2/c1-3-9-19(24)23(15-17-10-5-4-6-11-17)16(2)20(25)22-14-18-12-7-8-13-21-18/h4-8,10-13,16H,3,9,14-15H2,1-2H3,(H,22,25)/t16-/m1/s1. The molecule has 0 bridgehead atoms. The van der Waals surface area contributed by atoms with E-state index in [1.54, 1.807) is 18.0 Å². The first kappa shape index (κ1) is 18.6. The molecular formula is C20H25N3O2. The lowest BCUT2D eigenvalue weighted by Gasteiger charge is -2.28. The van der Waals surface area contributed by atoms with Crippen molar-refractivity contribution in [2.24, 2.45) is 0 Å². The van der Waals surface area contributed by atoms with Crippen molar-refractivity contribution >= 4 is 11.8 Å². The van der Waals surface area contributed by atoms with Gasteiger partial charge in [0.05, 0.1) is 12.2 Å². The molecule has 1 aromatic heterocycles. The molecule has 5 nitrogen and oxygen atoms in total.